The Kier molecular flexibility index (Phi) is 7.81. The van der Waals surface area contributed by atoms with Gasteiger partial charge >= 0.3 is 0 Å². The molecule has 40 heavy (non-hydrogen) atoms. The highest BCUT2D eigenvalue weighted by Crippen LogP contribution is 2.35. The molecule has 0 unspecified atom stereocenters. The van der Waals surface area contributed by atoms with Crippen molar-refractivity contribution >= 4 is 38.3 Å². The molecule has 1 fully saturated rings. The van der Waals surface area contributed by atoms with E-state index in [0.717, 1.165) is 48.8 Å². The highest BCUT2D eigenvalue weighted by atomic mass is 35.5. The number of rotatable bonds is 9. The summed E-state index contributed by atoms with van der Waals surface area (Å²) in [5, 5.41) is 1.84. The van der Waals surface area contributed by atoms with Crippen molar-refractivity contribution in [2.45, 2.75) is 48.6 Å². The van der Waals surface area contributed by atoms with Gasteiger partial charge in [-0.15, -0.1) is 0 Å². The van der Waals surface area contributed by atoms with E-state index < -0.39 is 33.5 Å². The number of hydrogen-bond donors (Lipinski definition) is 2. The molecule has 6 nitrogen and oxygen atoms in total. The molecule has 0 heterocycles. The normalized spacial score (nSPS) is 15.3. The van der Waals surface area contributed by atoms with Crippen molar-refractivity contribution in [2.24, 2.45) is 5.73 Å². The molecule has 0 saturated heterocycles. The van der Waals surface area contributed by atoms with E-state index in [-0.39, 0.29) is 11.0 Å². The van der Waals surface area contributed by atoms with Crippen LogP contribution in [0.5, 0.6) is 5.75 Å². The highest BCUT2D eigenvalue weighted by Gasteiger charge is 2.47. The predicted octanol–water partition coefficient (Wildman–Crippen LogP) is 6.41. The van der Waals surface area contributed by atoms with Gasteiger partial charge in [0.25, 0.3) is 5.92 Å². The van der Waals surface area contributed by atoms with Gasteiger partial charge in [0.2, 0.25) is 15.9 Å². The quantitative estimate of drug-likeness (QED) is 0.238. The molecule has 1 aliphatic carbocycles. The molecule has 4 aromatic carbocycles. The van der Waals surface area contributed by atoms with Crippen LogP contribution < -0.4 is 15.2 Å². The van der Waals surface area contributed by atoms with Gasteiger partial charge in [-0.25, -0.2) is 8.42 Å². The average molecular weight is 585 g/mol. The van der Waals surface area contributed by atoms with Crippen LogP contribution in [0.15, 0.2) is 89.8 Å². The Morgan fingerprint density at radius 2 is 1.48 bits per heavy atom. The maximum atomic E-state index is 15.5. The van der Waals surface area contributed by atoms with E-state index in [1.54, 1.807) is 42.5 Å². The molecule has 1 atom stereocenters. The van der Waals surface area contributed by atoms with Crippen LogP contribution in [0.1, 0.15) is 31.2 Å². The number of amides is 1. The third-order valence-electron chi connectivity index (χ3n) is 7.07. The lowest BCUT2D eigenvalue weighted by Crippen LogP contribution is -2.53. The number of sulfonamides is 1. The fourth-order valence-corrected chi connectivity index (χ4v) is 6.23. The van der Waals surface area contributed by atoms with E-state index in [2.05, 4.69) is 0 Å². The van der Waals surface area contributed by atoms with Crippen LogP contribution in [0.4, 0.5) is 8.78 Å². The molecule has 0 radical (unpaired) electrons. The lowest BCUT2D eigenvalue weighted by molar-refractivity contribution is -0.130. The topological polar surface area (TPSA) is 98.5 Å². The van der Waals surface area contributed by atoms with Gasteiger partial charge in [0.1, 0.15) is 5.75 Å². The van der Waals surface area contributed by atoms with Gasteiger partial charge in [0, 0.05) is 10.6 Å². The van der Waals surface area contributed by atoms with Crippen molar-refractivity contribution in [1.82, 2.24) is 4.72 Å². The number of alkyl halides is 2. The first-order valence-electron chi connectivity index (χ1n) is 12.8. The van der Waals surface area contributed by atoms with Crippen LogP contribution in [-0.4, -0.2) is 26.5 Å². The van der Waals surface area contributed by atoms with Crippen molar-refractivity contribution in [1.29, 1.82) is 0 Å². The summed E-state index contributed by atoms with van der Waals surface area (Å²) in [6.45, 7) is 0. The summed E-state index contributed by atoms with van der Waals surface area (Å²) in [7, 11) is -4.55. The van der Waals surface area contributed by atoms with Gasteiger partial charge in [0.15, 0.2) is 6.04 Å². The number of primary amides is 1. The first-order chi connectivity index (χ1) is 19.0. The third-order valence-corrected chi connectivity index (χ3v) is 8.74. The van der Waals surface area contributed by atoms with Crippen LogP contribution in [0, 0.1) is 0 Å². The van der Waals surface area contributed by atoms with Crippen molar-refractivity contribution in [3.63, 3.8) is 0 Å². The first kappa shape index (κ1) is 28.0. The molecule has 5 rings (SSSR count). The van der Waals surface area contributed by atoms with E-state index in [9.17, 15) is 13.2 Å². The molecule has 1 amide bonds. The summed E-state index contributed by atoms with van der Waals surface area (Å²) >= 11 is 5.90. The lowest BCUT2D eigenvalue weighted by Gasteiger charge is -2.26. The third kappa shape index (κ3) is 5.96. The molecular formula is C30H27ClF2N2O4S. The summed E-state index contributed by atoms with van der Waals surface area (Å²) in [5.41, 5.74) is 6.11. The zero-order chi connectivity index (χ0) is 28.5. The summed E-state index contributed by atoms with van der Waals surface area (Å²) < 4.78 is 65.1. The Morgan fingerprint density at radius 3 is 2.10 bits per heavy atom. The Balaban J connectivity index is 1.37. The molecule has 1 saturated carbocycles. The molecule has 208 valence electrons. The average Bonchev–Trinajstić information content (AvgIpc) is 3.45. The Morgan fingerprint density at radius 1 is 0.900 bits per heavy atom. The number of carbonyl (C=O) groups is 1. The number of hydrogen-bond acceptors (Lipinski definition) is 4. The van der Waals surface area contributed by atoms with Gasteiger partial charge < -0.3 is 10.5 Å². The molecule has 0 spiro atoms. The number of ether oxygens (including phenoxy) is 1. The minimum Gasteiger partial charge on any atom is -0.490 e. The molecule has 0 aliphatic heterocycles. The van der Waals surface area contributed by atoms with Gasteiger partial charge in [-0.2, -0.15) is 13.5 Å². The minimum absolute atomic E-state index is 0.169. The Labute approximate surface area is 236 Å². The fraction of sp³-hybridized carbons (Fsp3) is 0.233. The first-order valence-corrected chi connectivity index (χ1v) is 14.7. The summed E-state index contributed by atoms with van der Waals surface area (Å²) in [6.07, 6.45) is 4.43. The second-order valence-corrected chi connectivity index (χ2v) is 12.0. The Bertz CT molecular complexity index is 1640. The predicted molar refractivity (Wildman–Crippen MR) is 151 cm³/mol. The molecule has 3 N–H and O–H groups in total. The van der Waals surface area contributed by atoms with E-state index in [4.69, 9.17) is 22.1 Å². The molecule has 10 heteroatoms. The van der Waals surface area contributed by atoms with Gasteiger partial charge in [-0.1, -0.05) is 60.1 Å². The van der Waals surface area contributed by atoms with Crippen molar-refractivity contribution in [2.75, 3.05) is 0 Å². The van der Waals surface area contributed by atoms with Crippen molar-refractivity contribution in [3.05, 3.63) is 95.5 Å². The van der Waals surface area contributed by atoms with Crippen LogP contribution in [0.25, 0.3) is 21.9 Å². The second kappa shape index (κ2) is 11.2. The summed E-state index contributed by atoms with van der Waals surface area (Å²) in [4.78, 5) is 11.9. The second-order valence-electron chi connectivity index (χ2n) is 9.86. The standard InChI is InChI=1S/C30H27ClF2N2O4S/c31-24-13-7-20(8-14-24)19-5-11-23(12-6-19)30(32,33)28(29(34)36)35-40(37,38)27-16-10-21-17-26(15-9-22(21)18-27)39-25-3-1-2-4-25/h5-18,25,28,35H,1-4H2,(H2,34,36)/t28-/m0/s1. The molecule has 4 aromatic rings. The lowest BCUT2D eigenvalue weighted by atomic mass is 9.98. The highest BCUT2D eigenvalue weighted by molar-refractivity contribution is 7.89. The number of carbonyl (C=O) groups excluding carboxylic acids is 1. The number of benzene rings is 4. The van der Waals surface area contributed by atoms with Crippen LogP contribution in [0.3, 0.4) is 0 Å². The van der Waals surface area contributed by atoms with Gasteiger partial charge in [-0.3, -0.25) is 4.79 Å². The molecule has 0 bridgehead atoms. The zero-order valence-electron chi connectivity index (χ0n) is 21.3. The fourth-order valence-electron chi connectivity index (χ4n) is 4.87. The molecule has 1 aliphatic rings. The minimum atomic E-state index is -4.55. The number of nitrogens with two attached hydrogens (primary N) is 1. The Hall–Kier alpha value is -3.53. The van der Waals surface area contributed by atoms with Gasteiger partial charge in [0.05, 0.1) is 11.0 Å². The number of fused-ring (bicyclic) bond motifs is 1. The SMILES string of the molecule is NC(=O)[C@H](NS(=O)(=O)c1ccc2cc(OC3CCCC3)ccc2c1)C(F)(F)c1ccc(-c2ccc(Cl)cc2)cc1. The van der Waals surface area contributed by atoms with Crippen molar-refractivity contribution < 1.29 is 26.7 Å². The smallest absolute Gasteiger partial charge is 0.298 e. The zero-order valence-corrected chi connectivity index (χ0v) is 22.9. The number of nitrogens with one attached hydrogen (secondary N) is 1. The van der Waals surface area contributed by atoms with E-state index in [1.165, 1.54) is 24.3 Å². The maximum Gasteiger partial charge on any atom is 0.298 e. The monoisotopic (exact) mass is 584 g/mol. The maximum absolute atomic E-state index is 15.5. The summed E-state index contributed by atoms with van der Waals surface area (Å²) in [6, 6.07) is 19.0. The summed E-state index contributed by atoms with van der Waals surface area (Å²) in [5.74, 6) is -4.76. The van der Waals surface area contributed by atoms with Crippen molar-refractivity contribution in [3.8, 4) is 16.9 Å². The van der Waals surface area contributed by atoms with Crippen LogP contribution >= 0.6 is 11.6 Å². The van der Waals surface area contributed by atoms with E-state index >= 15 is 8.78 Å². The van der Waals surface area contributed by atoms with E-state index in [0.29, 0.717) is 21.7 Å². The van der Waals surface area contributed by atoms with Crippen LogP contribution in [0.2, 0.25) is 5.02 Å². The number of halogens is 3. The molecule has 0 aromatic heterocycles. The largest absolute Gasteiger partial charge is 0.490 e. The van der Waals surface area contributed by atoms with Crippen LogP contribution in [-0.2, 0) is 20.7 Å². The van der Waals surface area contributed by atoms with E-state index in [1.807, 2.05) is 10.8 Å². The molecular weight excluding hydrogens is 558 g/mol. The van der Waals surface area contributed by atoms with Gasteiger partial charge in [-0.05, 0) is 84.0 Å².